The molecule has 4 aliphatic rings. The summed E-state index contributed by atoms with van der Waals surface area (Å²) in [5.74, 6) is 3.07. The average Bonchev–Trinajstić information content (AvgIpc) is 2.13. The summed E-state index contributed by atoms with van der Waals surface area (Å²) in [5.41, 5.74) is 0.594. The second-order valence-corrected chi connectivity index (χ2v) is 7.19. The molecule has 0 saturated heterocycles. The standard InChI is InChI=1S/C13H19ClOS/c14-12(16)15-2-1-13-6-9-3-10(7-13)5-11(4-9)8-13/h9-11H,1-8H2. The Kier molecular flexibility index (Phi) is 2.91. The van der Waals surface area contributed by atoms with Gasteiger partial charge in [0.25, 0.3) is 4.51 Å². The smallest absolute Gasteiger partial charge is 0.255 e. The van der Waals surface area contributed by atoms with Gasteiger partial charge in [-0.2, -0.15) is 0 Å². The van der Waals surface area contributed by atoms with E-state index in [9.17, 15) is 0 Å². The number of thiocarbonyl (C=S) groups is 1. The minimum Gasteiger partial charge on any atom is -0.475 e. The predicted molar refractivity (Wildman–Crippen MR) is 69.6 cm³/mol. The topological polar surface area (TPSA) is 9.23 Å². The lowest BCUT2D eigenvalue weighted by Gasteiger charge is -2.57. The van der Waals surface area contributed by atoms with E-state index in [1.54, 1.807) is 0 Å². The third kappa shape index (κ3) is 2.11. The Bertz CT molecular complexity index is 267. The van der Waals surface area contributed by atoms with E-state index in [2.05, 4.69) is 0 Å². The molecule has 4 bridgehead atoms. The van der Waals surface area contributed by atoms with Gasteiger partial charge in [0.05, 0.1) is 6.61 Å². The number of hydrogen-bond donors (Lipinski definition) is 0. The highest BCUT2D eigenvalue weighted by atomic mass is 35.5. The van der Waals surface area contributed by atoms with Crippen LogP contribution >= 0.6 is 23.8 Å². The van der Waals surface area contributed by atoms with E-state index in [4.69, 9.17) is 28.6 Å². The third-order valence-electron chi connectivity index (χ3n) is 5.01. The van der Waals surface area contributed by atoms with Crippen molar-refractivity contribution in [3.8, 4) is 0 Å². The minimum atomic E-state index is 0.185. The highest BCUT2D eigenvalue weighted by Crippen LogP contribution is 2.61. The van der Waals surface area contributed by atoms with Gasteiger partial charge in [-0.15, -0.1) is 0 Å². The molecule has 1 nitrogen and oxygen atoms in total. The van der Waals surface area contributed by atoms with Crippen LogP contribution in [0.1, 0.15) is 44.9 Å². The Labute approximate surface area is 108 Å². The Balaban J connectivity index is 1.62. The summed E-state index contributed by atoms with van der Waals surface area (Å²) in [5, 5.41) is 0. The van der Waals surface area contributed by atoms with Crippen LogP contribution in [-0.4, -0.2) is 11.1 Å². The largest absolute Gasteiger partial charge is 0.475 e. The maximum Gasteiger partial charge on any atom is 0.255 e. The molecule has 0 spiro atoms. The van der Waals surface area contributed by atoms with Crippen molar-refractivity contribution in [2.24, 2.45) is 23.2 Å². The van der Waals surface area contributed by atoms with Gasteiger partial charge in [0, 0.05) is 0 Å². The van der Waals surface area contributed by atoms with E-state index in [0.717, 1.165) is 24.4 Å². The maximum absolute atomic E-state index is 5.57. The number of halogens is 1. The van der Waals surface area contributed by atoms with E-state index >= 15 is 0 Å². The van der Waals surface area contributed by atoms with Crippen LogP contribution in [0.3, 0.4) is 0 Å². The van der Waals surface area contributed by atoms with Gasteiger partial charge in [0.2, 0.25) is 0 Å². The molecule has 16 heavy (non-hydrogen) atoms. The lowest BCUT2D eigenvalue weighted by molar-refractivity contribution is -0.0625. The first kappa shape index (κ1) is 11.3. The van der Waals surface area contributed by atoms with Crippen LogP contribution in [0.15, 0.2) is 0 Å². The monoisotopic (exact) mass is 258 g/mol. The second-order valence-electron chi connectivity index (χ2n) is 6.25. The third-order valence-corrected chi connectivity index (χ3v) is 5.24. The highest BCUT2D eigenvalue weighted by Gasteiger charge is 2.50. The molecule has 0 unspecified atom stereocenters. The summed E-state index contributed by atoms with van der Waals surface area (Å²) in [6, 6.07) is 0. The highest BCUT2D eigenvalue weighted by molar-refractivity contribution is 7.82. The molecule has 4 aliphatic carbocycles. The SMILES string of the molecule is S=C(Cl)OCCC12CC3CC(CC(C3)C1)C2. The molecule has 0 atom stereocenters. The fraction of sp³-hybridized carbons (Fsp3) is 0.923. The fourth-order valence-corrected chi connectivity index (χ4v) is 5.10. The van der Waals surface area contributed by atoms with E-state index in [1.165, 1.54) is 44.9 Å². The lowest BCUT2D eigenvalue weighted by atomic mass is 9.49. The summed E-state index contributed by atoms with van der Waals surface area (Å²) < 4.78 is 5.46. The van der Waals surface area contributed by atoms with Gasteiger partial charge in [-0.25, -0.2) is 0 Å². The first-order valence-corrected chi connectivity index (χ1v) is 7.26. The van der Waals surface area contributed by atoms with Crippen LogP contribution in [0.5, 0.6) is 0 Å². The molecular formula is C13H19ClOS. The zero-order valence-electron chi connectivity index (χ0n) is 9.58. The quantitative estimate of drug-likeness (QED) is 0.556. The molecule has 0 N–H and O–H groups in total. The van der Waals surface area contributed by atoms with Gasteiger partial charge < -0.3 is 4.74 Å². The van der Waals surface area contributed by atoms with Crippen LogP contribution in [-0.2, 0) is 4.74 Å². The fourth-order valence-electron chi connectivity index (χ4n) is 4.94. The molecule has 4 fully saturated rings. The number of ether oxygens (including phenoxy) is 1. The Hall–Kier alpha value is 0.180. The van der Waals surface area contributed by atoms with Gasteiger partial charge >= 0.3 is 0 Å². The summed E-state index contributed by atoms with van der Waals surface area (Å²) in [4.78, 5) is 0. The van der Waals surface area contributed by atoms with Crippen LogP contribution in [0.2, 0.25) is 0 Å². The average molecular weight is 259 g/mol. The molecule has 0 aliphatic heterocycles. The molecule has 0 aromatic rings. The molecule has 0 aromatic carbocycles. The van der Waals surface area contributed by atoms with Gasteiger partial charge in [-0.3, -0.25) is 0 Å². The normalized spacial score (nSPS) is 44.7. The van der Waals surface area contributed by atoms with Crippen LogP contribution < -0.4 is 0 Å². The molecule has 0 heterocycles. The van der Waals surface area contributed by atoms with E-state index in [-0.39, 0.29) is 4.51 Å². The van der Waals surface area contributed by atoms with Crippen molar-refractivity contribution in [3.63, 3.8) is 0 Å². The first-order valence-electron chi connectivity index (χ1n) is 6.47. The molecule has 4 saturated carbocycles. The zero-order chi connectivity index (χ0) is 11.2. The summed E-state index contributed by atoms with van der Waals surface area (Å²) in [6.07, 6.45) is 10.0. The van der Waals surface area contributed by atoms with E-state index < -0.39 is 0 Å². The van der Waals surface area contributed by atoms with Crippen molar-refractivity contribution in [2.75, 3.05) is 6.61 Å². The van der Waals surface area contributed by atoms with Gasteiger partial charge in [0.15, 0.2) is 0 Å². The zero-order valence-corrected chi connectivity index (χ0v) is 11.2. The van der Waals surface area contributed by atoms with Crippen molar-refractivity contribution in [1.82, 2.24) is 0 Å². The van der Waals surface area contributed by atoms with Crippen molar-refractivity contribution in [2.45, 2.75) is 44.9 Å². The molecule has 90 valence electrons. The number of rotatable bonds is 3. The Morgan fingerprint density at radius 3 is 2.06 bits per heavy atom. The van der Waals surface area contributed by atoms with E-state index in [1.807, 2.05) is 0 Å². The maximum atomic E-state index is 5.57. The van der Waals surface area contributed by atoms with Crippen molar-refractivity contribution in [3.05, 3.63) is 0 Å². The first-order chi connectivity index (χ1) is 7.65. The van der Waals surface area contributed by atoms with Gasteiger partial charge in [-0.1, -0.05) is 0 Å². The van der Waals surface area contributed by atoms with Crippen molar-refractivity contribution in [1.29, 1.82) is 0 Å². The molecule has 0 amide bonds. The minimum absolute atomic E-state index is 0.185. The van der Waals surface area contributed by atoms with Gasteiger partial charge in [0.1, 0.15) is 0 Å². The van der Waals surface area contributed by atoms with Crippen LogP contribution in [0.25, 0.3) is 0 Å². The van der Waals surface area contributed by atoms with E-state index in [0.29, 0.717) is 5.41 Å². The Morgan fingerprint density at radius 2 is 1.62 bits per heavy atom. The molecule has 4 rings (SSSR count). The van der Waals surface area contributed by atoms with Crippen molar-refractivity contribution < 1.29 is 4.74 Å². The van der Waals surface area contributed by atoms with Crippen LogP contribution in [0.4, 0.5) is 0 Å². The predicted octanol–water partition coefficient (Wildman–Crippen LogP) is 4.13. The molecular weight excluding hydrogens is 240 g/mol. The molecule has 0 aromatic heterocycles. The molecule has 0 radical (unpaired) electrons. The summed E-state index contributed by atoms with van der Waals surface area (Å²) in [6.45, 7) is 0.731. The second kappa shape index (κ2) is 4.13. The van der Waals surface area contributed by atoms with Gasteiger partial charge in [-0.05, 0) is 91.9 Å². The summed E-state index contributed by atoms with van der Waals surface area (Å²) in [7, 11) is 0. The summed E-state index contributed by atoms with van der Waals surface area (Å²) >= 11 is 10.3. The van der Waals surface area contributed by atoms with Crippen molar-refractivity contribution >= 4 is 28.3 Å². The number of hydrogen-bond acceptors (Lipinski definition) is 2. The Morgan fingerprint density at radius 1 is 1.12 bits per heavy atom. The van der Waals surface area contributed by atoms with Crippen LogP contribution in [0, 0.1) is 23.2 Å². The molecule has 3 heteroatoms. The lowest BCUT2D eigenvalue weighted by Crippen LogP contribution is -2.46.